The molecule has 1 aliphatic heterocycles. The molecule has 0 atom stereocenters. The van der Waals surface area contributed by atoms with Gasteiger partial charge in [0.2, 0.25) is 5.91 Å². The fourth-order valence-electron chi connectivity index (χ4n) is 1.56. The molecule has 0 unspecified atom stereocenters. The summed E-state index contributed by atoms with van der Waals surface area (Å²) in [5.41, 5.74) is 0.467. The van der Waals surface area contributed by atoms with E-state index in [9.17, 15) is 4.79 Å². The van der Waals surface area contributed by atoms with Crippen molar-refractivity contribution >= 4 is 11.6 Å². The molecule has 1 heterocycles. The van der Waals surface area contributed by atoms with Crippen LogP contribution in [0.4, 0.5) is 5.69 Å². The predicted molar refractivity (Wildman–Crippen MR) is 68.7 cm³/mol. The van der Waals surface area contributed by atoms with Crippen LogP contribution in [0.1, 0.15) is 26.7 Å². The molecule has 96 valence electrons. The van der Waals surface area contributed by atoms with E-state index in [0.717, 1.165) is 11.4 Å². The largest absolute Gasteiger partial charge is 0.494 e. The Labute approximate surface area is 106 Å². The zero-order chi connectivity index (χ0) is 13.0. The van der Waals surface area contributed by atoms with Gasteiger partial charge >= 0.3 is 0 Å². The topological polar surface area (TPSA) is 63.0 Å². The molecule has 1 aromatic carbocycles. The maximum Gasteiger partial charge on any atom is 0.224 e. The molecular formula is C13H17N3O2. The number of nitrogens with zero attached hydrogens (tertiary/aromatic N) is 2. The van der Waals surface area contributed by atoms with Gasteiger partial charge in [-0.1, -0.05) is 0 Å². The minimum Gasteiger partial charge on any atom is -0.494 e. The van der Waals surface area contributed by atoms with E-state index in [1.807, 2.05) is 38.1 Å². The molecule has 0 aromatic heterocycles. The van der Waals surface area contributed by atoms with Gasteiger partial charge in [-0.25, -0.2) is 0 Å². The van der Waals surface area contributed by atoms with Crippen LogP contribution >= 0.6 is 0 Å². The minimum atomic E-state index is -0.309. The van der Waals surface area contributed by atoms with Gasteiger partial charge in [0.15, 0.2) is 5.66 Å². The van der Waals surface area contributed by atoms with Crippen molar-refractivity contribution in [2.75, 3.05) is 11.9 Å². The van der Waals surface area contributed by atoms with Crippen molar-refractivity contribution in [1.29, 1.82) is 0 Å². The number of carbonyl (C=O) groups excluding carboxylic acids is 1. The van der Waals surface area contributed by atoms with E-state index >= 15 is 0 Å². The highest BCUT2D eigenvalue weighted by Crippen LogP contribution is 2.32. The average Bonchev–Trinajstić information content (AvgIpc) is 3.09. The van der Waals surface area contributed by atoms with Crippen LogP contribution in [0, 0.1) is 0 Å². The zero-order valence-corrected chi connectivity index (χ0v) is 10.6. The van der Waals surface area contributed by atoms with Gasteiger partial charge in [-0.2, -0.15) is 10.2 Å². The Kier molecular flexibility index (Phi) is 3.60. The Morgan fingerprint density at radius 3 is 2.56 bits per heavy atom. The Balaban J connectivity index is 1.79. The minimum absolute atomic E-state index is 0.0160. The van der Waals surface area contributed by atoms with Gasteiger partial charge in [-0.3, -0.25) is 4.79 Å². The number of hydrogen-bond donors (Lipinski definition) is 1. The van der Waals surface area contributed by atoms with E-state index in [1.54, 1.807) is 0 Å². The number of benzene rings is 1. The summed E-state index contributed by atoms with van der Waals surface area (Å²) in [4.78, 5) is 11.7. The summed E-state index contributed by atoms with van der Waals surface area (Å²) in [5.74, 6) is 0.788. The van der Waals surface area contributed by atoms with Crippen molar-refractivity contribution in [1.82, 2.24) is 0 Å². The summed E-state index contributed by atoms with van der Waals surface area (Å²) in [6.07, 6.45) is 1.09. The molecule has 0 saturated heterocycles. The molecule has 1 amide bonds. The summed E-state index contributed by atoms with van der Waals surface area (Å²) >= 11 is 0. The van der Waals surface area contributed by atoms with Crippen molar-refractivity contribution in [2.24, 2.45) is 10.2 Å². The Morgan fingerprint density at radius 2 is 2.00 bits per heavy atom. The van der Waals surface area contributed by atoms with Crippen LogP contribution in [0.2, 0.25) is 0 Å². The SMILES string of the molecule is CCOc1ccc(NC(=O)CCC2(C)N=N2)cc1. The second kappa shape index (κ2) is 5.16. The summed E-state index contributed by atoms with van der Waals surface area (Å²) < 4.78 is 5.33. The van der Waals surface area contributed by atoms with Crippen LogP contribution in [0.3, 0.4) is 0 Å². The van der Waals surface area contributed by atoms with Crippen molar-refractivity contribution in [3.8, 4) is 5.75 Å². The molecule has 1 N–H and O–H groups in total. The van der Waals surface area contributed by atoms with Crippen LogP contribution in [0.25, 0.3) is 0 Å². The van der Waals surface area contributed by atoms with Gasteiger partial charge in [-0.05, 0) is 38.1 Å². The lowest BCUT2D eigenvalue weighted by molar-refractivity contribution is -0.116. The fraction of sp³-hybridized carbons (Fsp3) is 0.462. The predicted octanol–water partition coefficient (Wildman–Crippen LogP) is 2.99. The normalized spacial score (nSPS) is 15.2. The standard InChI is InChI=1S/C13H17N3O2/c1-3-18-11-6-4-10(5-7-11)14-12(17)8-9-13(2)15-16-13/h4-7H,3,8-9H2,1-2H3,(H,14,17). The van der Waals surface area contributed by atoms with E-state index in [0.29, 0.717) is 19.4 Å². The highest BCUT2D eigenvalue weighted by Gasteiger charge is 2.33. The maximum atomic E-state index is 11.7. The molecule has 5 heteroatoms. The summed E-state index contributed by atoms with van der Waals surface area (Å²) in [6, 6.07) is 7.34. The number of anilines is 1. The first-order valence-electron chi connectivity index (χ1n) is 6.08. The lowest BCUT2D eigenvalue weighted by Crippen LogP contribution is -2.15. The zero-order valence-electron chi connectivity index (χ0n) is 10.6. The molecule has 0 radical (unpaired) electrons. The molecule has 1 aliphatic rings. The molecule has 1 aromatic rings. The monoisotopic (exact) mass is 247 g/mol. The van der Waals surface area contributed by atoms with Crippen LogP contribution < -0.4 is 10.1 Å². The number of ether oxygens (including phenoxy) is 1. The quantitative estimate of drug-likeness (QED) is 0.839. The van der Waals surface area contributed by atoms with Gasteiger partial charge in [0.25, 0.3) is 0 Å². The first kappa shape index (κ1) is 12.5. The van der Waals surface area contributed by atoms with E-state index in [-0.39, 0.29) is 11.6 Å². The lowest BCUT2D eigenvalue weighted by atomic mass is 10.1. The Morgan fingerprint density at radius 1 is 1.33 bits per heavy atom. The van der Waals surface area contributed by atoms with Crippen molar-refractivity contribution < 1.29 is 9.53 Å². The fourth-order valence-corrected chi connectivity index (χ4v) is 1.56. The number of hydrogen-bond acceptors (Lipinski definition) is 4. The number of amides is 1. The summed E-state index contributed by atoms with van der Waals surface area (Å²) in [6.45, 7) is 4.48. The number of carbonyl (C=O) groups is 1. The van der Waals surface area contributed by atoms with Gasteiger partial charge in [0, 0.05) is 18.5 Å². The van der Waals surface area contributed by atoms with Crippen molar-refractivity contribution in [3.05, 3.63) is 24.3 Å². The lowest BCUT2D eigenvalue weighted by Gasteiger charge is -2.07. The maximum absolute atomic E-state index is 11.7. The summed E-state index contributed by atoms with van der Waals surface area (Å²) in [5, 5.41) is 10.6. The second-order valence-electron chi connectivity index (χ2n) is 4.42. The average molecular weight is 247 g/mol. The van der Waals surface area contributed by atoms with Gasteiger partial charge in [0.1, 0.15) is 5.75 Å². The second-order valence-corrected chi connectivity index (χ2v) is 4.42. The molecule has 0 spiro atoms. The molecule has 0 bridgehead atoms. The third kappa shape index (κ3) is 3.55. The highest BCUT2D eigenvalue weighted by molar-refractivity contribution is 5.90. The molecule has 0 aliphatic carbocycles. The van der Waals surface area contributed by atoms with E-state index in [1.165, 1.54) is 0 Å². The third-order valence-corrected chi connectivity index (χ3v) is 2.72. The summed E-state index contributed by atoms with van der Waals surface area (Å²) in [7, 11) is 0. The third-order valence-electron chi connectivity index (χ3n) is 2.72. The Hall–Kier alpha value is -1.91. The Bertz CT molecular complexity index is 448. The van der Waals surface area contributed by atoms with Crippen LogP contribution in [0.5, 0.6) is 5.75 Å². The van der Waals surface area contributed by atoms with Crippen LogP contribution in [0.15, 0.2) is 34.5 Å². The first-order chi connectivity index (χ1) is 8.61. The van der Waals surface area contributed by atoms with E-state index in [4.69, 9.17) is 4.74 Å². The van der Waals surface area contributed by atoms with E-state index < -0.39 is 0 Å². The van der Waals surface area contributed by atoms with Gasteiger partial charge < -0.3 is 10.1 Å². The van der Waals surface area contributed by atoms with Crippen LogP contribution in [-0.4, -0.2) is 18.2 Å². The number of rotatable bonds is 6. The van der Waals surface area contributed by atoms with Gasteiger partial charge in [0.05, 0.1) is 6.61 Å². The van der Waals surface area contributed by atoms with Crippen molar-refractivity contribution in [2.45, 2.75) is 32.4 Å². The molecule has 0 saturated carbocycles. The van der Waals surface area contributed by atoms with E-state index in [2.05, 4.69) is 15.5 Å². The molecule has 18 heavy (non-hydrogen) atoms. The molecule has 2 rings (SSSR count). The smallest absolute Gasteiger partial charge is 0.224 e. The number of nitrogens with one attached hydrogen (secondary N) is 1. The molecular weight excluding hydrogens is 230 g/mol. The molecule has 5 nitrogen and oxygen atoms in total. The van der Waals surface area contributed by atoms with Gasteiger partial charge in [-0.15, -0.1) is 0 Å². The van der Waals surface area contributed by atoms with Crippen molar-refractivity contribution in [3.63, 3.8) is 0 Å². The first-order valence-corrected chi connectivity index (χ1v) is 6.08. The van der Waals surface area contributed by atoms with Crippen LogP contribution in [-0.2, 0) is 4.79 Å². The highest BCUT2D eigenvalue weighted by atomic mass is 16.5. The molecule has 0 fully saturated rings.